The second-order valence-corrected chi connectivity index (χ2v) is 10.5. The second kappa shape index (κ2) is 9.79. The molecule has 9 nitrogen and oxygen atoms in total. The summed E-state index contributed by atoms with van der Waals surface area (Å²) in [7, 11) is 0. The number of likely N-dealkylation sites (tertiary alicyclic amines) is 1. The van der Waals surface area contributed by atoms with E-state index in [0.29, 0.717) is 24.1 Å². The Morgan fingerprint density at radius 1 is 1.09 bits per heavy atom. The molecule has 0 saturated carbocycles. The van der Waals surface area contributed by atoms with Crippen LogP contribution in [0, 0.1) is 0 Å². The van der Waals surface area contributed by atoms with Crippen molar-refractivity contribution < 1.29 is 28.7 Å². The van der Waals surface area contributed by atoms with Crippen LogP contribution in [0.1, 0.15) is 92.0 Å². The summed E-state index contributed by atoms with van der Waals surface area (Å²) in [6.45, 7) is 6.25. The normalized spacial score (nSPS) is 22.8. The average molecular weight is 484 g/mol. The Morgan fingerprint density at radius 3 is 2.57 bits per heavy atom. The van der Waals surface area contributed by atoms with Gasteiger partial charge in [0.25, 0.3) is 11.8 Å². The summed E-state index contributed by atoms with van der Waals surface area (Å²) in [5, 5.41) is 2.22. The van der Waals surface area contributed by atoms with Crippen molar-refractivity contribution in [2.24, 2.45) is 0 Å². The molecule has 0 bridgehead atoms. The molecule has 9 heteroatoms. The van der Waals surface area contributed by atoms with Crippen molar-refractivity contribution in [3.63, 3.8) is 0 Å². The Balaban J connectivity index is 1.44. The number of carbonyl (C=O) groups excluding carboxylic acids is 5. The maximum Gasteiger partial charge on any atom is 0.410 e. The lowest BCUT2D eigenvalue weighted by Crippen LogP contribution is -2.54. The van der Waals surface area contributed by atoms with Crippen molar-refractivity contribution in [3.05, 3.63) is 34.9 Å². The van der Waals surface area contributed by atoms with Crippen molar-refractivity contribution >= 4 is 29.7 Å². The maximum absolute atomic E-state index is 13.3. The zero-order valence-electron chi connectivity index (χ0n) is 20.6. The van der Waals surface area contributed by atoms with E-state index < -0.39 is 35.3 Å². The maximum atomic E-state index is 13.3. The van der Waals surface area contributed by atoms with Crippen molar-refractivity contribution in [1.29, 1.82) is 0 Å². The Kier molecular flexibility index (Phi) is 6.96. The molecule has 3 aliphatic rings. The number of nitrogens with zero attached hydrogens (tertiary/aromatic N) is 2. The third-order valence-electron chi connectivity index (χ3n) is 6.79. The van der Waals surface area contributed by atoms with Crippen LogP contribution in [0.5, 0.6) is 0 Å². The molecule has 3 aliphatic heterocycles. The molecule has 2 atom stereocenters. The van der Waals surface area contributed by atoms with Crippen LogP contribution in [0.4, 0.5) is 4.79 Å². The van der Waals surface area contributed by atoms with E-state index in [0.717, 1.165) is 42.6 Å². The van der Waals surface area contributed by atoms with E-state index in [1.165, 1.54) is 0 Å². The van der Waals surface area contributed by atoms with Crippen LogP contribution in [0.25, 0.3) is 0 Å². The van der Waals surface area contributed by atoms with E-state index in [1.807, 2.05) is 31.7 Å². The van der Waals surface area contributed by atoms with Gasteiger partial charge in [-0.1, -0.05) is 12.1 Å². The van der Waals surface area contributed by atoms with Gasteiger partial charge in [-0.2, -0.15) is 0 Å². The van der Waals surface area contributed by atoms with Crippen LogP contribution >= 0.6 is 0 Å². The van der Waals surface area contributed by atoms with Crippen LogP contribution in [-0.4, -0.2) is 63.8 Å². The Hall–Kier alpha value is -3.23. The number of carbonyl (C=O) groups is 5. The summed E-state index contributed by atoms with van der Waals surface area (Å²) >= 11 is 0. The molecule has 35 heavy (non-hydrogen) atoms. The fourth-order valence-corrected chi connectivity index (χ4v) is 5.18. The summed E-state index contributed by atoms with van der Waals surface area (Å²) in [6.07, 6.45) is 4.93. The fourth-order valence-electron chi connectivity index (χ4n) is 5.18. The molecule has 1 aromatic rings. The SMILES string of the molecule is CC(C)(C)OC(=O)N1CCCCC1CCCc1cccc2c1C(=O)N(C1CCC(=O)NC1=O)C2=O. The van der Waals surface area contributed by atoms with Gasteiger partial charge in [0.05, 0.1) is 11.1 Å². The largest absolute Gasteiger partial charge is 0.444 e. The number of piperidine rings is 2. The summed E-state index contributed by atoms with van der Waals surface area (Å²) in [4.78, 5) is 65.6. The zero-order valence-corrected chi connectivity index (χ0v) is 20.6. The molecule has 1 N–H and O–H groups in total. The van der Waals surface area contributed by atoms with Gasteiger partial charge in [-0.15, -0.1) is 0 Å². The van der Waals surface area contributed by atoms with Crippen LogP contribution < -0.4 is 5.32 Å². The second-order valence-electron chi connectivity index (χ2n) is 10.5. The van der Waals surface area contributed by atoms with Gasteiger partial charge in [0.15, 0.2) is 0 Å². The Bertz CT molecular complexity index is 1060. The molecule has 2 unspecified atom stereocenters. The highest BCUT2D eigenvalue weighted by molar-refractivity contribution is 6.24. The highest BCUT2D eigenvalue weighted by Gasteiger charge is 2.45. The van der Waals surface area contributed by atoms with Crippen LogP contribution in [0.3, 0.4) is 0 Å². The summed E-state index contributed by atoms with van der Waals surface area (Å²) in [6, 6.07) is 4.30. The van der Waals surface area contributed by atoms with Crippen molar-refractivity contribution in [2.75, 3.05) is 6.54 Å². The van der Waals surface area contributed by atoms with E-state index >= 15 is 0 Å². The molecule has 2 saturated heterocycles. The first-order valence-corrected chi connectivity index (χ1v) is 12.4. The number of hydrogen-bond acceptors (Lipinski definition) is 6. The quantitative estimate of drug-likeness (QED) is 0.644. The standard InChI is InChI=1S/C26H33N3O6/c1-26(2,3)35-25(34)28-15-5-4-10-17(28)11-6-8-16-9-7-12-18-21(16)24(33)29(23(18)32)19-13-14-20(30)27-22(19)31/h7,9,12,17,19H,4-6,8,10-11,13-15H2,1-3H3,(H,27,30,31). The monoisotopic (exact) mass is 483 g/mol. The van der Waals surface area contributed by atoms with Gasteiger partial charge < -0.3 is 9.64 Å². The van der Waals surface area contributed by atoms with Crippen LogP contribution in [0.15, 0.2) is 18.2 Å². The van der Waals surface area contributed by atoms with Crippen molar-refractivity contribution in [2.45, 2.75) is 89.8 Å². The molecule has 188 valence electrons. The number of fused-ring (bicyclic) bond motifs is 1. The number of amides is 5. The number of rotatable bonds is 5. The lowest BCUT2D eigenvalue weighted by Gasteiger charge is -2.37. The van der Waals surface area contributed by atoms with Gasteiger partial charge in [0, 0.05) is 19.0 Å². The van der Waals surface area contributed by atoms with Gasteiger partial charge >= 0.3 is 6.09 Å². The number of nitrogens with one attached hydrogen (secondary N) is 1. The summed E-state index contributed by atoms with van der Waals surface area (Å²) in [5.74, 6) is -1.99. The lowest BCUT2D eigenvalue weighted by molar-refractivity contribution is -0.136. The molecule has 5 amide bonds. The average Bonchev–Trinajstić information content (AvgIpc) is 3.04. The molecular formula is C26H33N3O6. The minimum absolute atomic E-state index is 0.0765. The predicted octanol–water partition coefficient (Wildman–Crippen LogP) is 3.20. The number of hydrogen-bond donors (Lipinski definition) is 1. The van der Waals surface area contributed by atoms with E-state index in [4.69, 9.17) is 4.74 Å². The molecule has 2 fully saturated rings. The topological polar surface area (TPSA) is 113 Å². The first-order chi connectivity index (χ1) is 16.6. The minimum atomic E-state index is -0.974. The highest BCUT2D eigenvalue weighted by Crippen LogP contribution is 2.31. The first-order valence-electron chi connectivity index (χ1n) is 12.4. The van der Waals surface area contributed by atoms with E-state index in [-0.39, 0.29) is 25.0 Å². The molecule has 1 aromatic carbocycles. The minimum Gasteiger partial charge on any atom is -0.444 e. The number of ether oxygens (including phenoxy) is 1. The smallest absolute Gasteiger partial charge is 0.410 e. The van der Waals surface area contributed by atoms with Gasteiger partial charge in [-0.3, -0.25) is 29.4 Å². The molecule has 4 rings (SSSR count). The van der Waals surface area contributed by atoms with E-state index in [9.17, 15) is 24.0 Å². The summed E-state index contributed by atoms with van der Waals surface area (Å²) < 4.78 is 5.59. The highest BCUT2D eigenvalue weighted by atomic mass is 16.6. The lowest BCUT2D eigenvalue weighted by atomic mass is 9.94. The van der Waals surface area contributed by atoms with Gasteiger partial charge in [0.1, 0.15) is 11.6 Å². The van der Waals surface area contributed by atoms with Gasteiger partial charge in [-0.05, 0) is 77.3 Å². The molecule has 0 aliphatic carbocycles. The van der Waals surface area contributed by atoms with Gasteiger partial charge in [-0.25, -0.2) is 4.79 Å². The van der Waals surface area contributed by atoms with Crippen molar-refractivity contribution in [1.82, 2.24) is 15.1 Å². The van der Waals surface area contributed by atoms with Crippen LogP contribution in [-0.2, 0) is 20.7 Å². The van der Waals surface area contributed by atoms with Crippen LogP contribution in [0.2, 0.25) is 0 Å². The molecular weight excluding hydrogens is 450 g/mol. The first kappa shape index (κ1) is 24.9. The van der Waals surface area contributed by atoms with E-state index in [1.54, 1.807) is 12.1 Å². The number of aryl methyl sites for hydroxylation is 1. The molecule has 0 spiro atoms. The molecule has 0 aromatic heterocycles. The summed E-state index contributed by atoms with van der Waals surface area (Å²) in [5.41, 5.74) is 0.848. The Morgan fingerprint density at radius 2 is 1.86 bits per heavy atom. The third-order valence-corrected chi connectivity index (χ3v) is 6.79. The third kappa shape index (κ3) is 5.23. The van der Waals surface area contributed by atoms with E-state index in [2.05, 4.69) is 5.32 Å². The fraction of sp³-hybridized carbons (Fsp3) is 0.577. The predicted molar refractivity (Wildman–Crippen MR) is 127 cm³/mol. The van der Waals surface area contributed by atoms with Crippen molar-refractivity contribution in [3.8, 4) is 0 Å². The molecule has 3 heterocycles. The Labute approximate surface area is 205 Å². The number of benzene rings is 1. The number of imide groups is 2. The van der Waals surface area contributed by atoms with Gasteiger partial charge in [0.2, 0.25) is 11.8 Å². The zero-order chi connectivity index (χ0) is 25.3. The molecule has 0 radical (unpaired) electrons.